The Kier molecular flexibility index (Phi) is 59.2. The third-order valence-electron chi connectivity index (χ3n) is 14.4. The van der Waals surface area contributed by atoms with Crippen LogP contribution in [-0.4, -0.2) is 37.2 Å². The number of hydrogen-bond acceptors (Lipinski definition) is 6. The van der Waals surface area contributed by atoms with Crippen molar-refractivity contribution >= 4 is 17.9 Å². The summed E-state index contributed by atoms with van der Waals surface area (Å²) in [4.78, 5) is 38.3. The normalized spacial score (nSPS) is 12.2. The van der Waals surface area contributed by atoms with Crippen LogP contribution in [0.25, 0.3) is 0 Å². The van der Waals surface area contributed by atoms with Crippen molar-refractivity contribution in [3.63, 3.8) is 0 Å². The molecule has 1 atom stereocenters. The van der Waals surface area contributed by atoms with Crippen molar-refractivity contribution in [3.05, 3.63) is 36.5 Å². The van der Waals surface area contributed by atoms with E-state index in [-0.39, 0.29) is 31.1 Å². The van der Waals surface area contributed by atoms with Gasteiger partial charge in [0.05, 0.1) is 0 Å². The van der Waals surface area contributed by atoms with Gasteiger partial charge in [0, 0.05) is 19.3 Å². The van der Waals surface area contributed by atoms with Crippen LogP contribution in [0.5, 0.6) is 0 Å². The van der Waals surface area contributed by atoms with Gasteiger partial charge in [-0.15, -0.1) is 0 Å². The van der Waals surface area contributed by atoms with Gasteiger partial charge in [0.15, 0.2) is 6.10 Å². The molecule has 6 heteroatoms. The lowest BCUT2D eigenvalue weighted by atomic mass is 10.0. The number of hydrogen-bond donors (Lipinski definition) is 0. The van der Waals surface area contributed by atoms with E-state index >= 15 is 0 Å². The van der Waals surface area contributed by atoms with E-state index in [9.17, 15) is 14.4 Å². The van der Waals surface area contributed by atoms with Crippen LogP contribution in [-0.2, 0) is 28.6 Å². The third kappa shape index (κ3) is 58.5. The summed E-state index contributed by atoms with van der Waals surface area (Å²) in [5.41, 5.74) is 0. The fraction of sp³-hybridized carbons (Fsp3) is 0.864. The summed E-state index contributed by atoms with van der Waals surface area (Å²) in [6.07, 6.45) is 74.3. The maximum Gasteiger partial charge on any atom is 0.306 e. The first-order valence-electron chi connectivity index (χ1n) is 32.0. The predicted molar refractivity (Wildman–Crippen MR) is 312 cm³/mol. The standard InChI is InChI=1S/C66H122O6/c1-4-7-10-13-16-19-22-25-28-30-31-32-33-34-35-36-39-41-44-47-50-53-56-59-65(68)71-62-63(61-70-64(67)58-55-52-49-46-43-40-37-27-24-21-18-15-12-9-6-3)72-66(69)60-57-54-51-48-45-42-38-29-26-23-20-17-14-11-8-5-2/h22,25,30-31,33-34,63H,4-21,23-24,26-29,32,35-62H2,1-3H3/b25-22-,31-30-,34-33-. The van der Waals surface area contributed by atoms with Gasteiger partial charge in [-0.2, -0.15) is 0 Å². The summed E-state index contributed by atoms with van der Waals surface area (Å²) in [7, 11) is 0. The molecule has 0 bridgehead atoms. The third-order valence-corrected chi connectivity index (χ3v) is 14.4. The molecule has 0 saturated carbocycles. The number of carbonyl (C=O) groups is 3. The van der Waals surface area contributed by atoms with Gasteiger partial charge in [0.1, 0.15) is 13.2 Å². The molecule has 6 nitrogen and oxygen atoms in total. The molecule has 0 aliphatic heterocycles. The van der Waals surface area contributed by atoms with Crippen molar-refractivity contribution in [2.75, 3.05) is 13.2 Å². The zero-order valence-electron chi connectivity index (χ0n) is 48.5. The second-order valence-electron chi connectivity index (χ2n) is 21.7. The molecule has 0 aromatic rings. The van der Waals surface area contributed by atoms with E-state index in [4.69, 9.17) is 14.2 Å². The molecule has 0 rings (SSSR count). The lowest BCUT2D eigenvalue weighted by Crippen LogP contribution is -2.30. The van der Waals surface area contributed by atoms with Gasteiger partial charge >= 0.3 is 17.9 Å². The monoisotopic (exact) mass is 1010 g/mol. The minimum absolute atomic E-state index is 0.0688. The molecule has 1 unspecified atom stereocenters. The quantitative estimate of drug-likeness (QED) is 0.0261. The van der Waals surface area contributed by atoms with Crippen LogP contribution in [0.15, 0.2) is 36.5 Å². The lowest BCUT2D eigenvalue weighted by molar-refractivity contribution is -0.167. The molecule has 0 aliphatic carbocycles. The summed E-state index contributed by atoms with van der Waals surface area (Å²) in [5.74, 6) is -0.851. The van der Waals surface area contributed by atoms with Crippen molar-refractivity contribution in [2.24, 2.45) is 0 Å². The Hall–Kier alpha value is -2.37. The van der Waals surface area contributed by atoms with Gasteiger partial charge in [-0.05, 0) is 57.8 Å². The molecular formula is C66H122O6. The Labute approximate surface area is 448 Å². The van der Waals surface area contributed by atoms with Gasteiger partial charge in [0.25, 0.3) is 0 Å². The Morgan fingerprint density at radius 1 is 0.278 bits per heavy atom. The van der Waals surface area contributed by atoms with Crippen LogP contribution in [0.4, 0.5) is 0 Å². The highest BCUT2D eigenvalue weighted by molar-refractivity contribution is 5.71. The second-order valence-corrected chi connectivity index (χ2v) is 21.7. The van der Waals surface area contributed by atoms with E-state index in [0.29, 0.717) is 19.3 Å². The molecule has 0 saturated heterocycles. The maximum absolute atomic E-state index is 12.9. The minimum atomic E-state index is -0.771. The first kappa shape index (κ1) is 69.6. The van der Waals surface area contributed by atoms with Gasteiger partial charge in [-0.1, -0.05) is 308 Å². The van der Waals surface area contributed by atoms with E-state index in [0.717, 1.165) is 77.0 Å². The largest absolute Gasteiger partial charge is 0.462 e. The summed E-state index contributed by atoms with van der Waals surface area (Å²) in [6, 6.07) is 0. The van der Waals surface area contributed by atoms with E-state index in [1.165, 1.54) is 231 Å². The lowest BCUT2D eigenvalue weighted by Gasteiger charge is -2.18. The SMILES string of the molecule is CCCCCCC/C=C\C/C=C\C/C=C\CCCCCCCCCCC(=O)OCC(COC(=O)CCCCCCCCCCCCCCCCC)OC(=O)CCCCCCCCCCCCCCCCCC. The Morgan fingerprint density at radius 2 is 0.500 bits per heavy atom. The molecule has 0 aliphatic rings. The van der Waals surface area contributed by atoms with Crippen LogP contribution in [0, 0.1) is 0 Å². The van der Waals surface area contributed by atoms with Crippen molar-refractivity contribution in [2.45, 2.75) is 354 Å². The molecule has 0 heterocycles. The summed E-state index contributed by atoms with van der Waals surface area (Å²) >= 11 is 0. The van der Waals surface area contributed by atoms with E-state index in [2.05, 4.69) is 57.2 Å². The first-order valence-corrected chi connectivity index (χ1v) is 32.0. The molecule has 0 radical (unpaired) electrons. The van der Waals surface area contributed by atoms with E-state index < -0.39 is 6.10 Å². The highest BCUT2D eigenvalue weighted by Gasteiger charge is 2.19. The topological polar surface area (TPSA) is 78.9 Å². The number of esters is 3. The Morgan fingerprint density at radius 3 is 0.778 bits per heavy atom. The zero-order chi connectivity index (χ0) is 52.2. The van der Waals surface area contributed by atoms with Gasteiger partial charge in [-0.25, -0.2) is 0 Å². The molecule has 0 fully saturated rings. The Bertz CT molecular complexity index is 1210. The van der Waals surface area contributed by atoms with Crippen LogP contribution in [0.2, 0.25) is 0 Å². The maximum atomic E-state index is 12.9. The summed E-state index contributed by atoms with van der Waals surface area (Å²) < 4.78 is 16.9. The van der Waals surface area contributed by atoms with E-state index in [1.807, 2.05) is 0 Å². The minimum Gasteiger partial charge on any atom is -0.462 e. The van der Waals surface area contributed by atoms with Crippen molar-refractivity contribution < 1.29 is 28.6 Å². The van der Waals surface area contributed by atoms with Gasteiger partial charge < -0.3 is 14.2 Å². The Balaban J connectivity index is 4.31. The van der Waals surface area contributed by atoms with Crippen LogP contribution in [0.1, 0.15) is 348 Å². The molecule has 0 aromatic carbocycles. The number of rotatable bonds is 59. The predicted octanol–water partition coefficient (Wildman–Crippen LogP) is 21.6. The summed E-state index contributed by atoms with van der Waals surface area (Å²) in [5, 5.41) is 0. The van der Waals surface area contributed by atoms with Crippen LogP contribution < -0.4 is 0 Å². The molecular weight excluding hydrogens is 889 g/mol. The van der Waals surface area contributed by atoms with Crippen molar-refractivity contribution in [3.8, 4) is 0 Å². The average Bonchev–Trinajstić information content (AvgIpc) is 3.38. The average molecular weight is 1010 g/mol. The van der Waals surface area contributed by atoms with Crippen LogP contribution in [0.3, 0.4) is 0 Å². The number of allylic oxidation sites excluding steroid dienone is 6. The molecule has 0 N–H and O–H groups in total. The van der Waals surface area contributed by atoms with Gasteiger partial charge in [-0.3, -0.25) is 14.4 Å². The molecule has 0 amide bonds. The number of unbranched alkanes of at least 4 members (excludes halogenated alkanes) is 42. The smallest absolute Gasteiger partial charge is 0.306 e. The highest BCUT2D eigenvalue weighted by atomic mass is 16.6. The molecule has 422 valence electrons. The second kappa shape index (κ2) is 61.2. The van der Waals surface area contributed by atoms with E-state index in [1.54, 1.807) is 0 Å². The van der Waals surface area contributed by atoms with Gasteiger partial charge in [0.2, 0.25) is 0 Å². The molecule has 72 heavy (non-hydrogen) atoms. The first-order chi connectivity index (χ1) is 35.5. The summed E-state index contributed by atoms with van der Waals surface area (Å²) in [6.45, 7) is 6.68. The fourth-order valence-electron chi connectivity index (χ4n) is 9.57. The zero-order valence-corrected chi connectivity index (χ0v) is 48.5. The van der Waals surface area contributed by atoms with Crippen molar-refractivity contribution in [1.82, 2.24) is 0 Å². The highest BCUT2D eigenvalue weighted by Crippen LogP contribution is 2.17. The van der Waals surface area contributed by atoms with Crippen LogP contribution >= 0.6 is 0 Å². The molecule has 0 spiro atoms. The number of ether oxygens (including phenoxy) is 3. The fourth-order valence-corrected chi connectivity index (χ4v) is 9.57. The number of carbonyl (C=O) groups excluding carboxylic acids is 3. The van der Waals surface area contributed by atoms with Crippen molar-refractivity contribution in [1.29, 1.82) is 0 Å². The molecule has 0 aromatic heterocycles.